The van der Waals surface area contributed by atoms with E-state index in [4.69, 9.17) is 0 Å². The minimum atomic E-state index is -4.58. The number of carbonyl (C=O) groups is 3. The highest BCUT2D eigenvalue weighted by Gasteiger charge is 2.41. The summed E-state index contributed by atoms with van der Waals surface area (Å²) in [7, 11) is -4.03. The summed E-state index contributed by atoms with van der Waals surface area (Å²) in [5, 5.41) is 2.22. The van der Waals surface area contributed by atoms with Crippen LogP contribution >= 0.6 is 0 Å². The molecule has 3 heterocycles. The molecule has 3 aliphatic rings. The molecule has 0 aliphatic carbocycles. The minimum Gasteiger partial charge on any atom is -0.322 e. The lowest BCUT2D eigenvalue weighted by atomic mass is 9.86. The second-order valence-corrected chi connectivity index (χ2v) is 11.6. The summed E-state index contributed by atoms with van der Waals surface area (Å²) in [6.07, 6.45) is -3.71. The number of amides is 3. The van der Waals surface area contributed by atoms with Crippen LogP contribution in [0.25, 0.3) is 0 Å². The molecule has 2 aromatic carbocycles. The van der Waals surface area contributed by atoms with Crippen molar-refractivity contribution in [3.8, 4) is 0 Å². The van der Waals surface area contributed by atoms with Gasteiger partial charge in [0.15, 0.2) is 0 Å². The molecule has 1 unspecified atom stereocenters. The quantitative estimate of drug-likeness (QED) is 0.463. The second kappa shape index (κ2) is 9.45. The van der Waals surface area contributed by atoms with Gasteiger partial charge in [0.1, 0.15) is 11.9 Å². The number of benzene rings is 2. The molecule has 2 aromatic rings. The molecule has 2 fully saturated rings. The maximum atomic E-state index is 14.6. The van der Waals surface area contributed by atoms with Gasteiger partial charge in [0.25, 0.3) is 5.91 Å². The van der Waals surface area contributed by atoms with Crippen molar-refractivity contribution in [2.24, 2.45) is 0 Å². The fourth-order valence-electron chi connectivity index (χ4n) is 5.39. The normalized spacial score (nSPS) is 21.5. The minimum absolute atomic E-state index is 0.0596. The van der Waals surface area contributed by atoms with E-state index in [1.165, 1.54) is 15.3 Å². The molecule has 2 saturated heterocycles. The first-order valence-corrected chi connectivity index (χ1v) is 13.4. The summed E-state index contributed by atoms with van der Waals surface area (Å²) in [6, 6.07) is 4.90. The zero-order valence-corrected chi connectivity index (χ0v) is 20.7. The van der Waals surface area contributed by atoms with E-state index in [0.29, 0.717) is 24.0 Å². The van der Waals surface area contributed by atoms with Crippen LogP contribution in [0.2, 0.25) is 0 Å². The molecule has 202 valence electrons. The number of sulfonamides is 1. The molecule has 5 rings (SSSR count). The maximum absolute atomic E-state index is 14.6. The molecule has 0 aromatic heterocycles. The van der Waals surface area contributed by atoms with Gasteiger partial charge in [-0.1, -0.05) is 0 Å². The number of hydrogen-bond donors (Lipinski definition) is 1. The van der Waals surface area contributed by atoms with Crippen LogP contribution in [-0.4, -0.2) is 54.5 Å². The average Bonchev–Trinajstić information content (AvgIpc) is 3.19. The van der Waals surface area contributed by atoms with E-state index < -0.39 is 51.3 Å². The summed E-state index contributed by atoms with van der Waals surface area (Å²) < 4.78 is 80.3. The Labute approximate surface area is 215 Å². The zero-order chi connectivity index (χ0) is 27.4. The highest BCUT2D eigenvalue weighted by Crippen LogP contribution is 2.39. The Morgan fingerprint density at radius 1 is 0.947 bits per heavy atom. The fourth-order valence-corrected chi connectivity index (χ4v) is 6.86. The van der Waals surface area contributed by atoms with Crippen molar-refractivity contribution >= 4 is 27.7 Å². The van der Waals surface area contributed by atoms with Crippen LogP contribution in [0.1, 0.15) is 58.6 Å². The van der Waals surface area contributed by atoms with Gasteiger partial charge in [-0.05, 0) is 72.7 Å². The number of carbonyl (C=O) groups excluding carboxylic acids is 3. The van der Waals surface area contributed by atoms with Gasteiger partial charge < -0.3 is 4.90 Å². The number of alkyl halides is 3. The molecule has 0 radical (unpaired) electrons. The Morgan fingerprint density at radius 3 is 2.21 bits per heavy atom. The number of hydrogen-bond acceptors (Lipinski definition) is 5. The lowest BCUT2D eigenvalue weighted by Crippen LogP contribution is -2.52. The van der Waals surface area contributed by atoms with E-state index in [-0.39, 0.29) is 48.9 Å². The van der Waals surface area contributed by atoms with Gasteiger partial charge in [0.05, 0.1) is 10.5 Å². The van der Waals surface area contributed by atoms with Crippen LogP contribution in [-0.2, 0) is 32.3 Å². The van der Waals surface area contributed by atoms with Crippen LogP contribution in [0.5, 0.6) is 0 Å². The monoisotopic (exact) mass is 553 g/mol. The maximum Gasteiger partial charge on any atom is 0.416 e. The Balaban J connectivity index is 1.33. The third-order valence-electron chi connectivity index (χ3n) is 7.37. The summed E-state index contributed by atoms with van der Waals surface area (Å²) in [4.78, 5) is 38.0. The summed E-state index contributed by atoms with van der Waals surface area (Å²) >= 11 is 0. The van der Waals surface area contributed by atoms with Crippen LogP contribution in [0, 0.1) is 5.82 Å². The number of rotatable bonds is 4. The van der Waals surface area contributed by atoms with Gasteiger partial charge in [-0.3, -0.25) is 19.7 Å². The Morgan fingerprint density at radius 2 is 1.61 bits per heavy atom. The van der Waals surface area contributed by atoms with Crippen molar-refractivity contribution < 1.29 is 40.4 Å². The summed E-state index contributed by atoms with van der Waals surface area (Å²) in [5.74, 6) is -2.39. The highest BCUT2D eigenvalue weighted by molar-refractivity contribution is 7.89. The van der Waals surface area contributed by atoms with Gasteiger partial charge in [-0.2, -0.15) is 17.5 Å². The highest BCUT2D eigenvalue weighted by atomic mass is 32.2. The molecule has 8 nitrogen and oxygen atoms in total. The number of nitrogens with zero attached hydrogens (tertiary/aromatic N) is 2. The van der Waals surface area contributed by atoms with Crippen LogP contribution in [0.3, 0.4) is 0 Å². The van der Waals surface area contributed by atoms with Crippen LogP contribution < -0.4 is 5.32 Å². The molecule has 0 saturated carbocycles. The third kappa shape index (κ3) is 4.68. The fraction of sp³-hybridized carbons (Fsp3) is 0.400. The SMILES string of the molecule is O=C1CCC(N2Cc3c(cc(F)cc3C3CCN(S(=O)(=O)c4ccc(C(F)(F)F)cc4)CC3)C2=O)C(=O)N1. The number of imide groups is 1. The predicted molar refractivity (Wildman–Crippen MR) is 125 cm³/mol. The first-order valence-electron chi connectivity index (χ1n) is 12.0. The standard InChI is InChI=1S/C25H23F4N3O5S/c26-16-11-18(20-13-32(24(35)19(20)12-16)21-5-6-22(33)30-23(21)34)14-7-9-31(10-8-14)38(36,37)17-3-1-15(2-4-17)25(27,28)29/h1-4,11-12,14,21H,5-10,13H2,(H,30,33,34). The number of piperidine rings is 2. The second-order valence-electron chi connectivity index (χ2n) is 9.62. The van der Waals surface area contributed by atoms with Gasteiger partial charge in [-0.15, -0.1) is 0 Å². The number of halogens is 4. The van der Waals surface area contributed by atoms with E-state index in [0.717, 1.165) is 30.3 Å². The van der Waals surface area contributed by atoms with Gasteiger partial charge in [-0.25, -0.2) is 12.8 Å². The lowest BCUT2D eigenvalue weighted by molar-refractivity contribution is -0.138. The van der Waals surface area contributed by atoms with Gasteiger partial charge in [0.2, 0.25) is 21.8 Å². The molecule has 38 heavy (non-hydrogen) atoms. The number of fused-ring (bicyclic) bond motifs is 1. The topological polar surface area (TPSA) is 104 Å². The largest absolute Gasteiger partial charge is 0.416 e. The van der Waals surface area contributed by atoms with Crippen molar-refractivity contribution in [3.63, 3.8) is 0 Å². The Kier molecular flexibility index (Phi) is 6.54. The molecule has 1 atom stereocenters. The molecular weight excluding hydrogens is 530 g/mol. The first-order chi connectivity index (χ1) is 17.9. The molecule has 0 bridgehead atoms. The lowest BCUT2D eigenvalue weighted by Gasteiger charge is -2.32. The Hall–Kier alpha value is -3.32. The van der Waals surface area contributed by atoms with E-state index >= 15 is 0 Å². The molecule has 3 aliphatic heterocycles. The van der Waals surface area contributed by atoms with E-state index in [1.807, 2.05) is 0 Å². The van der Waals surface area contributed by atoms with Crippen LogP contribution in [0.15, 0.2) is 41.3 Å². The number of nitrogens with one attached hydrogen (secondary N) is 1. The van der Waals surface area contributed by atoms with E-state index in [2.05, 4.69) is 5.32 Å². The van der Waals surface area contributed by atoms with E-state index in [1.54, 1.807) is 0 Å². The molecular formula is C25H23F4N3O5S. The van der Waals surface area contributed by atoms with Crippen molar-refractivity contribution in [1.82, 2.24) is 14.5 Å². The Bertz CT molecular complexity index is 1420. The predicted octanol–water partition coefficient (Wildman–Crippen LogP) is 3.17. The zero-order valence-electron chi connectivity index (χ0n) is 19.9. The first kappa shape index (κ1) is 26.3. The van der Waals surface area contributed by atoms with Crippen molar-refractivity contribution in [2.45, 2.75) is 55.3 Å². The molecule has 13 heteroatoms. The average molecular weight is 554 g/mol. The molecule has 3 amide bonds. The summed E-state index contributed by atoms with van der Waals surface area (Å²) in [6.45, 7) is 0.189. The van der Waals surface area contributed by atoms with Gasteiger partial charge >= 0.3 is 6.18 Å². The van der Waals surface area contributed by atoms with Crippen LogP contribution in [0.4, 0.5) is 17.6 Å². The summed E-state index contributed by atoms with van der Waals surface area (Å²) in [5.41, 5.74) is 0.334. The van der Waals surface area contributed by atoms with E-state index in [9.17, 15) is 40.4 Å². The molecule has 1 N–H and O–H groups in total. The molecule has 0 spiro atoms. The van der Waals surface area contributed by atoms with Crippen molar-refractivity contribution in [2.75, 3.05) is 13.1 Å². The smallest absolute Gasteiger partial charge is 0.322 e. The third-order valence-corrected chi connectivity index (χ3v) is 9.28. The van der Waals surface area contributed by atoms with Gasteiger partial charge in [0, 0.05) is 31.6 Å². The van der Waals surface area contributed by atoms with Crippen molar-refractivity contribution in [1.29, 1.82) is 0 Å². The van der Waals surface area contributed by atoms with Crippen molar-refractivity contribution in [3.05, 3.63) is 64.5 Å².